The highest BCUT2D eigenvalue weighted by molar-refractivity contribution is 5.92. The van der Waals surface area contributed by atoms with Gasteiger partial charge in [-0.3, -0.25) is 4.79 Å². The van der Waals surface area contributed by atoms with E-state index in [1.165, 1.54) is 24.8 Å². The molecule has 0 saturated heterocycles. The molecule has 2 aromatic heterocycles. The Balaban J connectivity index is 1.52. The van der Waals surface area contributed by atoms with Gasteiger partial charge in [0, 0.05) is 0 Å². The first kappa shape index (κ1) is 18.7. The van der Waals surface area contributed by atoms with Crippen molar-refractivity contribution < 1.29 is 4.79 Å². The Morgan fingerprint density at radius 2 is 2.04 bits per heavy atom. The molecule has 1 amide bonds. The monoisotopic (exact) mass is 380 g/mol. The summed E-state index contributed by atoms with van der Waals surface area (Å²) in [6.07, 6.45) is 7.71. The number of nitrogens with zero attached hydrogens (tertiary/aromatic N) is 4. The van der Waals surface area contributed by atoms with Crippen LogP contribution in [0.1, 0.15) is 79.9 Å². The van der Waals surface area contributed by atoms with Crippen molar-refractivity contribution in [3.05, 3.63) is 41.5 Å². The van der Waals surface area contributed by atoms with Gasteiger partial charge in [0.1, 0.15) is 5.82 Å². The van der Waals surface area contributed by atoms with E-state index in [-0.39, 0.29) is 17.9 Å². The van der Waals surface area contributed by atoms with Gasteiger partial charge < -0.3 is 10.3 Å². The van der Waals surface area contributed by atoms with Crippen LogP contribution >= 0.6 is 0 Å². The molecular weight excluding hydrogens is 352 g/mol. The fourth-order valence-electron chi connectivity index (χ4n) is 3.96. The lowest BCUT2D eigenvalue weighted by Crippen LogP contribution is -2.32. The van der Waals surface area contributed by atoms with Crippen molar-refractivity contribution in [2.45, 2.75) is 65.0 Å². The zero-order valence-corrected chi connectivity index (χ0v) is 16.8. The number of hydrogen-bond acceptors (Lipinski definition) is 4. The summed E-state index contributed by atoms with van der Waals surface area (Å²) in [6.45, 7) is 6.20. The third-order valence-electron chi connectivity index (χ3n) is 5.60. The predicted molar refractivity (Wildman–Crippen MR) is 108 cm³/mol. The van der Waals surface area contributed by atoms with E-state index >= 15 is 0 Å². The number of amides is 1. The zero-order chi connectivity index (χ0) is 19.7. The minimum Gasteiger partial charge on any atom is -0.340 e. The highest BCUT2D eigenvalue weighted by Gasteiger charge is 2.25. The number of H-pyrrole nitrogens is 1. The van der Waals surface area contributed by atoms with Gasteiger partial charge in [0.15, 0.2) is 5.69 Å². The van der Waals surface area contributed by atoms with E-state index in [1.807, 2.05) is 16.8 Å². The molecule has 0 bridgehead atoms. The number of rotatable bonds is 5. The summed E-state index contributed by atoms with van der Waals surface area (Å²) < 4.78 is 1.86. The SMILES string of the molecule is Cc1ccc2nc([C@H](NC(=O)c3cn(C4CCCCC4)nn3)C(C)C)[nH]c2c1. The van der Waals surface area contributed by atoms with Gasteiger partial charge in [0.05, 0.1) is 29.3 Å². The molecule has 7 heteroatoms. The molecule has 1 aromatic carbocycles. The number of nitrogens with one attached hydrogen (secondary N) is 2. The van der Waals surface area contributed by atoms with Gasteiger partial charge in [0.2, 0.25) is 0 Å². The van der Waals surface area contributed by atoms with Crippen molar-refractivity contribution in [1.29, 1.82) is 0 Å². The van der Waals surface area contributed by atoms with Crippen LogP contribution in [-0.4, -0.2) is 30.9 Å². The van der Waals surface area contributed by atoms with Gasteiger partial charge in [-0.25, -0.2) is 9.67 Å². The second kappa shape index (κ2) is 7.73. The molecule has 1 aliphatic rings. The van der Waals surface area contributed by atoms with Crippen LogP contribution in [0.4, 0.5) is 0 Å². The zero-order valence-electron chi connectivity index (χ0n) is 16.8. The summed E-state index contributed by atoms with van der Waals surface area (Å²) in [5.41, 5.74) is 3.43. The molecular formula is C21H28N6O. The summed E-state index contributed by atoms with van der Waals surface area (Å²) in [5.74, 6) is 0.736. The molecule has 0 spiro atoms. The number of aromatic amines is 1. The van der Waals surface area contributed by atoms with E-state index in [2.05, 4.69) is 52.4 Å². The van der Waals surface area contributed by atoms with Gasteiger partial charge in [-0.1, -0.05) is 44.4 Å². The summed E-state index contributed by atoms with van der Waals surface area (Å²) in [7, 11) is 0. The first-order valence-electron chi connectivity index (χ1n) is 10.2. The topological polar surface area (TPSA) is 88.5 Å². The van der Waals surface area contributed by atoms with Crippen molar-refractivity contribution in [3.63, 3.8) is 0 Å². The molecule has 0 unspecified atom stereocenters. The van der Waals surface area contributed by atoms with Crippen molar-refractivity contribution in [1.82, 2.24) is 30.3 Å². The van der Waals surface area contributed by atoms with Crippen LogP contribution in [0.3, 0.4) is 0 Å². The van der Waals surface area contributed by atoms with Crippen molar-refractivity contribution in [3.8, 4) is 0 Å². The minimum atomic E-state index is -0.222. The molecule has 2 heterocycles. The van der Waals surface area contributed by atoms with Gasteiger partial charge >= 0.3 is 0 Å². The Kier molecular flexibility index (Phi) is 5.15. The number of carbonyl (C=O) groups excluding carboxylic acids is 1. The number of benzene rings is 1. The lowest BCUT2D eigenvalue weighted by molar-refractivity contribution is 0.0918. The van der Waals surface area contributed by atoms with Crippen LogP contribution in [0, 0.1) is 12.8 Å². The van der Waals surface area contributed by atoms with Crippen LogP contribution in [0.2, 0.25) is 0 Å². The molecule has 28 heavy (non-hydrogen) atoms. The Hall–Kier alpha value is -2.70. The number of hydrogen-bond donors (Lipinski definition) is 2. The highest BCUT2D eigenvalue weighted by atomic mass is 16.2. The quantitative estimate of drug-likeness (QED) is 0.697. The van der Waals surface area contributed by atoms with Gasteiger partial charge in [-0.05, 0) is 43.4 Å². The van der Waals surface area contributed by atoms with Crippen LogP contribution in [0.15, 0.2) is 24.4 Å². The molecule has 0 aliphatic heterocycles. The molecule has 4 rings (SSSR count). The van der Waals surface area contributed by atoms with Crippen molar-refractivity contribution in [2.24, 2.45) is 5.92 Å². The average Bonchev–Trinajstić information content (AvgIpc) is 3.33. The Morgan fingerprint density at radius 1 is 1.25 bits per heavy atom. The first-order valence-corrected chi connectivity index (χ1v) is 10.2. The summed E-state index contributed by atoms with van der Waals surface area (Å²) in [6, 6.07) is 6.25. The van der Waals surface area contributed by atoms with E-state index in [0.29, 0.717) is 11.7 Å². The average molecular weight is 380 g/mol. The second-order valence-corrected chi connectivity index (χ2v) is 8.21. The molecule has 1 fully saturated rings. The number of aryl methyl sites for hydroxylation is 1. The van der Waals surface area contributed by atoms with Crippen LogP contribution in [0.25, 0.3) is 11.0 Å². The molecule has 148 valence electrons. The van der Waals surface area contributed by atoms with E-state index in [9.17, 15) is 4.79 Å². The molecule has 7 nitrogen and oxygen atoms in total. The first-order chi connectivity index (χ1) is 13.5. The number of carbonyl (C=O) groups is 1. The number of imidazole rings is 1. The van der Waals surface area contributed by atoms with Crippen molar-refractivity contribution in [2.75, 3.05) is 0 Å². The summed E-state index contributed by atoms with van der Waals surface area (Å²) in [4.78, 5) is 20.9. The predicted octanol–water partition coefficient (Wildman–Crippen LogP) is 4.10. The number of aromatic nitrogens is 5. The normalized spacial score (nSPS) is 16.6. The lowest BCUT2D eigenvalue weighted by Gasteiger charge is -2.21. The smallest absolute Gasteiger partial charge is 0.274 e. The molecule has 2 N–H and O–H groups in total. The second-order valence-electron chi connectivity index (χ2n) is 8.21. The minimum absolute atomic E-state index is 0.180. The van der Waals surface area contributed by atoms with Gasteiger partial charge in [-0.15, -0.1) is 5.10 Å². The number of fused-ring (bicyclic) bond motifs is 1. The fourth-order valence-corrected chi connectivity index (χ4v) is 3.96. The highest BCUT2D eigenvalue weighted by Crippen LogP contribution is 2.27. The Labute approximate surface area is 164 Å². The molecule has 1 aliphatic carbocycles. The van der Waals surface area contributed by atoms with Crippen LogP contribution in [-0.2, 0) is 0 Å². The lowest BCUT2D eigenvalue weighted by atomic mass is 9.96. The summed E-state index contributed by atoms with van der Waals surface area (Å²) in [5, 5.41) is 11.4. The summed E-state index contributed by atoms with van der Waals surface area (Å²) >= 11 is 0. The maximum atomic E-state index is 12.8. The van der Waals surface area contributed by atoms with Crippen LogP contribution < -0.4 is 5.32 Å². The van der Waals surface area contributed by atoms with Crippen LogP contribution in [0.5, 0.6) is 0 Å². The largest absolute Gasteiger partial charge is 0.340 e. The third-order valence-corrected chi connectivity index (χ3v) is 5.60. The molecule has 1 saturated carbocycles. The Morgan fingerprint density at radius 3 is 2.79 bits per heavy atom. The molecule has 1 atom stereocenters. The van der Waals surface area contributed by atoms with Gasteiger partial charge in [0.25, 0.3) is 5.91 Å². The standard InChI is InChI=1S/C21H28N6O/c1-13(2)19(20-22-16-10-9-14(3)11-17(16)23-20)24-21(28)18-12-27(26-25-18)15-7-5-4-6-8-15/h9-13,15,19H,4-8H2,1-3H3,(H,22,23)(H,24,28)/t19-/m1/s1. The van der Waals surface area contributed by atoms with Crippen molar-refractivity contribution >= 4 is 16.9 Å². The van der Waals surface area contributed by atoms with E-state index in [4.69, 9.17) is 0 Å². The maximum Gasteiger partial charge on any atom is 0.274 e. The molecule has 3 aromatic rings. The Bertz CT molecular complexity index is 966. The fraction of sp³-hybridized carbons (Fsp3) is 0.524. The maximum absolute atomic E-state index is 12.8. The van der Waals surface area contributed by atoms with Gasteiger partial charge in [-0.2, -0.15) is 0 Å². The van der Waals surface area contributed by atoms with E-state index in [0.717, 1.165) is 29.7 Å². The molecule has 0 radical (unpaired) electrons. The van der Waals surface area contributed by atoms with E-state index < -0.39 is 0 Å². The van der Waals surface area contributed by atoms with E-state index in [1.54, 1.807) is 6.20 Å². The third kappa shape index (κ3) is 3.79.